The average molecular weight is 286 g/mol. The van der Waals surface area contributed by atoms with Crippen molar-refractivity contribution in [2.24, 2.45) is 17.6 Å². The van der Waals surface area contributed by atoms with Crippen LogP contribution in [0.25, 0.3) is 10.9 Å². The molecule has 2 aromatic rings. The fraction of sp³-hybridized carbons (Fsp3) is 0.500. The highest BCUT2D eigenvalue weighted by Crippen LogP contribution is 2.43. The number of fused-ring (bicyclic) bond motifs is 3. The van der Waals surface area contributed by atoms with E-state index in [1.54, 1.807) is 0 Å². The fourth-order valence-electron chi connectivity index (χ4n) is 3.93. The van der Waals surface area contributed by atoms with Gasteiger partial charge in [0.15, 0.2) is 0 Å². The van der Waals surface area contributed by atoms with E-state index >= 15 is 0 Å². The number of carbonyl (C=O) groups is 1. The van der Waals surface area contributed by atoms with E-state index in [0.717, 1.165) is 11.8 Å². The van der Waals surface area contributed by atoms with Gasteiger partial charge in [-0.2, -0.15) is 0 Å². The molecule has 2 atom stereocenters. The van der Waals surface area contributed by atoms with Crippen LogP contribution in [-0.4, -0.2) is 22.4 Å². The number of carbonyl (C=O) groups excluding carboxylic acids is 1. The van der Waals surface area contributed by atoms with Crippen LogP contribution >= 0.6 is 0 Å². The van der Waals surface area contributed by atoms with Gasteiger partial charge in [-0.25, -0.2) is 0 Å². The topological polar surface area (TPSA) is 83.8 Å². The first-order valence-electron chi connectivity index (χ1n) is 7.63. The predicted molar refractivity (Wildman–Crippen MR) is 83.8 cm³/mol. The molecule has 5 heteroatoms. The summed E-state index contributed by atoms with van der Waals surface area (Å²) in [6.07, 6.45) is 13.2. The molecule has 4 rings (SSSR count). The summed E-state index contributed by atoms with van der Waals surface area (Å²) in [6.45, 7) is 0. The van der Waals surface area contributed by atoms with Gasteiger partial charge in [0, 0.05) is 30.0 Å². The van der Waals surface area contributed by atoms with E-state index < -0.39 is 0 Å². The summed E-state index contributed by atoms with van der Waals surface area (Å²) >= 11 is 0. The second-order valence-corrected chi connectivity index (χ2v) is 6.12. The molecule has 0 radical (unpaired) electrons. The maximum atomic E-state index is 8.58. The molecule has 21 heavy (non-hydrogen) atoms. The van der Waals surface area contributed by atoms with Gasteiger partial charge in [0.2, 0.25) is 6.41 Å². The lowest BCUT2D eigenvalue weighted by Gasteiger charge is -2.28. The van der Waals surface area contributed by atoms with Crippen molar-refractivity contribution in [3.63, 3.8) is 0 Å². The lowest BCUT2D eigenvalue weighted by atomic mass is 9.85. The van der Waals surface area contributed by atoms with E-state index in [1.165, 1.54) is 48.7 Å². The standard InChI is InChI=1S/C15H19N3.CH3NO/c1-2-11-5-10(1)6-12(7-11)18-15-9-17-14-3-4-16-8-13(14)15;2-1-3/h3-4,8-12,17-18H,1-2,5-7H2;1H,(H2,2,3). The summed E-state index contributed by atoms with van der Waals surface area (Å²) in [5, 5.41) is 4.95. The molecule has 4 N–H and O–H groups in total. The maximum Gasteiger partial charge on any atom is 0.204 e. The molecule has 0 spiro atoms. The Morgan fingerprint density at radius 2 is 2.00 bits per heavy atom. The lowest BCUT2D eigenvalue weighted by Crippen LogP contribution is -2.27. The van der Waals surface area contributed by atoms with Crippen LogP contribution in [0, 0.1) is 11.8 Å². The predicted octanol–water partition coefficient (Wildman–Crippen LogP) is 2.66. The highest BCUT2D eigenvalue weighted by atomic mass is 16.1. The number of primary amides is 1. The van der Waals surface area contributed by atoms with Gasteiger partial charge < -0.3 is 16.0 Å². The highest BCUT2D eigenvalue weighted by molar-refractivity contribution is 5.91. The molecule has 2 aromatic heterocycles. The van der Waals surface area contributed by atoms with Gasteiger partial charge in [0.1, 0.15) is 0 Å². The van der Waals surface area contributed by atoms with Gasteiger partial charge in [-0.1, -0.05) is 12.8 Å². The van der Waals surface area contributed by atoms with Crippen LogP contribution in [0.1, 0.15) is 32.1 Å². The van der Waals surface area contributed by atoms with Crippen molar-refractivity contribution in [1.82, 2.24) is 9.97 Å². The van der Waals surface area contributed by atoms with Gasteiger partial charge in [-0.05, 0) is 37.2 Å². The molecule has 2 unspecified atom stereocenters. The van der Waals surface area contributed by atoms with Gasteiger partial charge in [-0.15, -0.1) is 0 Å². The van der Waals surface area contributed by atoms with E-state index in [9.17, 15) is 0 Å². The summed E-state index contributed by atoms with van der Waals surface area (Å²) in [5.41, 5.74) is 6.57. The van der Waals surface area contributed by atoms with Crippen molar-refractivity contribution in [3.8, 4) is 0 Å². The molecule has 0 saturated heterocycles. The third kappa shape index (κ3) is 3.01. The third-order valence-electron chi connectivity index (χ3n) is 4.73. The Morgan fingerprint density at radius 1 is 1.29 bits per heavy atom. The number of hydrogen-bond donors (Lipinski definition) is 3. The monoisotopic (exact) mass is 286 g/mol. The molecule has 2 aliphatic carbocycles. The molecule has 0 aliphatic heterocycles. The normalized spacial score (nSPS) is 27.0. The number of anilines is 1. The van der Waals surface area contributed by atoms with E-state index in [4.69, 9.17) is 4.79 Å². The second kappa shape index (κ2) is 6.16. The number of pyridine rings is 1. The van der Waals surface area contributed by atoms with Gasteiger partial charge in [0.05, 0.1) is 11.2 Å². The number of amides is 1. The van der Waals surface area contributed by atoms with Crippen LogP contribution in [0.15, 0.2) is 24.7 Å². The summed E-state index contributed by atoms with van der Waals surface area (Å²) in [4.78, 5) is 16.1. The molecule has 2 fully saturated rings. The Hall–Kier alpha value is -2.04. The van der Waals surface area contributed by atoms with Crippen LogP contribution in [0.4, 0.5) is 5.69 Å². The van der Waals surface area contributed by atoms with Crippen molar-refractivity contribution in [2.75, 3.05) is 5.32 Å². The molecule has 2 bridgehead atoms. The van der Waals surface area contributed by atoms with E-state index in [-0.39, 0.29) is 6.41 Å². The molecule has 1 amide bonds. The summed E-state index contributed by atoms with van der Waals surface area (Å²) in [5.74, 6) is 1.95. The van der Waals surface area contributed by atoms with Gasteiger partial charge in [0.25, 0.3) is 0 Å². The Bertz CT molecular complexity index is 597. The molecule has 2 saturated carbocycles. The number of H-pyrrole nitrogens is 1. The number of aromatic nitrogens is 2. The lowest BCUT2D eigenvalue weighted by molar-refractivity contribution is -0.106. The van der Waals surface area contributed by atoms with Crippen molar-refractivity contribution >= 4 is 23.0 Å². The minimum Gasteiger partial charge on any atom is -0.381 e. The largest absolute Gasteiger partial charge is 0.381 e. The van der Waals surface area contributed by atoms with Gasteiger partial charge in [-0.3, -0.25) is 9.78 Å². The second-order valence-electron chi connectivity index (χ2n) is 6.12. The minimum atomic E-state index is 0.250. The van der Waals surface area contributed by atoms with Crippen molar-refractivity contribution < 1.29 is 4.79 Å². The zero-order chi connectivity index (χ0) is 14.7. The zero-order valence-corrected chi connectivity index (χ0v) is 12.1. The fourth-order valence-corrected chi connectivity index (χ4v) is 3.93. The minimum absolute atomic E-state index is 0.250. The number of hydrogen-bond acceptors (Lipinski definition) is 3. The molecule has 112 valence electrons. The summed E-state index contributed by atoms with van der Waals surface area (Å²) < 4.78 is 0. The van der Waals surface area contributed by atoms with Crippen LogP contribution < -0.4 is 11.1 Å². The first kappa shape index (κ1) is 13.9. The van der Waals surface area contributed by atoms with Crippen LogP contribution in [0.5, 0.6) is 0 Å². The van der Waals surface area contributed by atoms with Gasteiger partial charge >= 0.3 is 0 Å². The van der Waals surface area contributed by atoms with E-state index in [0.29, 0.717) is 6.04 Å². The first-order chi connectivity index (χ1) is 10.3. The van der Waals surface area contributed by atoms with Crippen molar-refractivity contribution in [1.29, 1.82) is 0 Å². The molecule has 0 aromatic carbocycles. The maximum absolute atomic E-state index is 8.58. The van der Waals surface area contributed by atoms with Crippen molar-refractivity contribution in [2.45, 2.75) is 38.1 Å². The van der Waals surface area contributed by atoms with Crippen LogP contribution in [0.2, 0.25) is 0 Å². The van der Waals surface area contributed by atoms with Crippen LogP contribution in [-0.2, 0) is 4.79 Å². The number of nitrogens with one attached hydrogen (secondary N) is 2. The number of aromatic amines is 1. The number of nitrogens with zero attached hydrogens (tertiary/aromatic N) is 1. The SMILES string of the molecule is NC=O.c1cc2[nH]cc(NC3CC4CCC(C4)C3)c2cn1. The molecular formula is C16H22N4O. The number of rotatable bonds is 2. The van der Waals surface area contributed by atoms with Crippen molar-refractivity contribution in [3.05, 3.63) is 24.7 Å². The Balaban J connectivity index is 0.000000409. The zero-order valence-electron chi connectivity index (χ0n) is 12.1. The first-order valence-corrected chi connectivity index (χ1v) is 7.63. The molecule has 2 aliphatic rings. The molecule has 2 heterocycles. The molecular weight excluding hydrogens is 264 g/mol. The summed E-state index contributed by atoms with van der Waals surface area (Å²) in [7, 11) is 0. The average Bonchev–Trinajstić information content (AvgIpc) is 3.04. The van der Waals surface area contributed by atoms with E-state index in [1.807, 2.05) is 18.5 Å². The quantitative estimate of drug-likeness (QED) is 0.742. The number of nitrogens with two attached hydrogens (primary N) is 1. The Labute approximate surface area is 124 Å². The van der Waals surface area contributed by atoms with E-state index in [2.05, 4.69) is 27.2 Å². The smallest absolute Gasteiger partial charge is 0.204 e. The molecule has 5 nitrogen and oxygen atoms in total. The highest BCUT2D eigenvalue weighted by Gasteiger charge is 2.34. The Kier molecular flexibility index (Phi) is 4.08. The van der Waals surface area contributed by atoms with Crippen LogP contribution in [0.3, 0.4) is 0 Å². The summed E-state index contributed by atoms with van der Waals surface area (Å²) in [6, 6.07) is 2.70. The third-order valence-corrected chi connectivity index (χ3v) is 4.73. The Morgan fingerprint density at radius 3 is 2.71 bits per heavy atom.